The molecule has 106 valence electrons. The predicted molar refractivity (Wildman–Crippen MR) is 76.4 cm³/mol. The monoisotopic (exact) mass is 297 g/mol. The van der Waals surface area contributed by atoms with Gasteiger partial charge in [0.25, 0.3) is 0 Å². The smallest absolute Gasteiger partial charge is 0.144 e. The highest BCUT2D eigenvalue weighted by atomic mass is 35.5. The number of rotatable bonds is 4. The van der Waals surface area contributed by atoms with Crippen molar-refractivity contribution in [2.45, 2.75) is 13.0 Å². The first-order valence-electron chi connectivity index (χ1n) is 6.06. The summed E-state index contributed by atoms with van der Waals surface area (Å²) in [6.45, 7) is 1.90. The average molecular weight is 298 g/mol. The van der Waals surface area contributed by atoms with Gasteiger partial charge in [0.1, 0.15) is 17.4 Å². The van der Waals surface area contributed by atoms with Gasteiger partial charge in [-0.3, -0.25) is 0 Å². The van der Waals surface area contributed by atoms with Crippen LogP contribution in [0.1, 0.15) is 18.5 Å². The second-order valence-electron chi connectivity index (χ2n) is 4.38. The van der Waals surface area contributed by atoms with Crippen LogP contribution in [0.2, 0.25) is 5.02 Å². The molecule has 0 aliphatic carbocycles. The van der Waals surface area contributed by atoms with E-state index < -0.39 is 5.82 Å². The van der Waals surface area contributed by atoms with E-state index in [1.165, 1.54) is 25.3 Å². The zero-order chi connectivity index (χ0) is 14.7. The molecular formula is C15H14ClF2NO. The molecule has 0 bridgehead atoms. The van der Waals surface area contributed by atoms with Gasteiger partial charge in [0, 0.05) is 12.1 Å². The van der Waals surface area contributed by atoms with Crippen molar-refractivity contribution in [2.75, 3.05) is 12.4 Å². The summed E-state index contributed by atoms with van der Waals surface area (Å²) in [5, 5.41) is 3.25. The summed E-state index contributed by atoms with van der Waals surface area (Å²) in [5.74, 6) is -0.420. The molecule has 0 fully saturated rings. The van der Waals surface area contributed by atoms with Gasteiger partial charge < -0.3 is 10.1 Å². The van der Waals surface area contributed by atoms with Gasteiger partial charge in [-0.15, -0.1) is 0 Å². The van der Waals surface area contributed by atoms with Crippen LogP contribution >= 0.6 is 11.6 Å². The summed E-state index contributed by atoms with van der Waals surface area (Å²) in [6.07, 6.45) is 0. The molecule has 20 heavy (non-hydrogen) atoms. The van der Waals surface area contributed by atoms with E-state index in [0.29, 0.717) is 11.4 Å². The zero-order valence-electron chi connectivity index (χ0n) is 11.1. The molecular weight excluding hydrogens is 284 g/mol. The Labute approximate surface area is 121 Å². The number of methoxy groups -OCH3 is 1. The molecule has 0 aliphatic heterocycles. The van der Waals surface area contributed by atoms with Crippen molar-refractivity contribution in [1.82, 2.24) is 0 Å². The Morgan fingerprint density at radius 3 is 2.55 bits per heavy atom. The fraction of sp³-hybridized carbons (Fsp3) is 0.200. The molecule has 1 unspecified atom stereocenters. The van der Waals surface area contributed by atoms with Gasteiger partial charge in [-0.1, -0.05) is 17.7 Å². The maximum atomic E-state index is 13.1. The average Bonchev–Trinajstić information content (AvgIpc) is 2.43. The van der Waals surface area contributed by atoms with Crippen molar-refractivity contribution < 1.29 is 13.5 Å². The number of halogens is 3. The maximum Gasteiger partial charge on any atom is 0.144 e. The molecule has 2 aromatic rings. The standard InChI is InChI=1S/C15H14ClF2NO/c1-9(10-3-5-13(18)12(16)7-10)19-14-6-4-11(17)8-15(14)20-2/h3-9,19H,1-2H3. The number of anilines is 1. The van der Waals surface area contributed by atoms with E-state index >= 15 is 0 Å². The number of hydrogen-bond acceptors (Lipinski definition) is 2. The third kappa shape index (κ3) is 3.20. The van der Waals surface area contributed by atoms with Gasteiger partial charge in [0.15, 0.2) is 0 Å². The third-order valence-corrected chi connectivity index (χ3v) is 3.27. The van der Waals surface area contributed by atoms with Crippen LogP contribution < -0.4 is 10.1 Å². The molecule has 2 aromatic carbocycles. The minimum Gasteiger partial charge on any atom is -0.494 e. The van der Waals surface area contributed by atoms with Crippen LogP contribution in [0.5, 0.6) is 5.75 Å². The van der Waals surface area contributed by atoms with Gasteiger partial charge >= 0.3 is 0 Å². The highest BCUT2D eigenvalue weighted by molar-refractivity contribution is 6.30. The summed E-state index contributed by atoms with van der Waals surface area (Å²) in [5.41, 5.74) is 1.48. The van der Waals surface area contributed by atoms with E-state index in [-0.39, 0.29) is 16.9 Å². The SMILES string of the molecule is COc1cc(F)ccc1NC(C)c1ccc(F)c(Cl)c1. The number of hydrogen-bond donors (Lipinski definition) is 1. The minimum absolute atomic E-state index is 0.0715. The van der Waals surface area contributed by atoms with Gasteiger partial charge in [0.05, 0.1) is 17.8 Å². The maximum absolute atomic E-state index is 13.1. The molecule has 0 saturated heterocycles. The van der Waals surface area contributed by atoms with Crippen LogP contribution in [0.15, 0.2) is 36.4 Å². The third-order valence-electron chi connectivity index (χ3n) is 2.98. The molecule has 0 aliphatic rings. The Balaban J connectivity index is 2.22. The van der Waals surface area contributed by atoms with Crippen LogP contribution in [0.4, 0.5) is 14.5 Å². The Morgan fingerprint density at radius 2 is 1.90 bits per heavy atom. The van der Waals surface area contributed by atoms with Crippen LogP contribution in [0.25, 0.3) is 0 Å². The van der Waals surface area contributed by atoms with Crippen molar-refractivity contribution >= 4 is 17.3 Å². The first-order valence-corrected chi connectivity index (χ1v) is 6.44. The Morgan fingerprint density at radius 1 is 1.15 bits per heavy atom. The Hall–Kier alpha value is -1.81. The molecule has 0 spiro atoms. The lowest BCUT2D eigenvalue weighted by molar-refractivity contribution is 0.412. The molecule has 1 atom stereocenters. The molecule has 1 N–H and O–H groups in total. The van der Waals surface area contributed by atoms with E-state index in [2.05, 4.69) is 5.32 Å². The quantitative estimate of drug-likeness (QED) is 0.875. The highest BCUT2D eigenvalue weighted by Crippen LogP contribution is 2.29. The van der Waals surface area contributed by atoms with Crippen molar-refractivity contribution in [3.05, 3.63) is 58.6 Å². The van der Waals surface area contributed by atoms with Gasteiger partial charge in [0.2, 0.25) is 0 Å². The van der Waals surface area contributed by atoms with Gasteiger partial charge in [-0.05, 0) is 36.8 Å². The Bertz CT molecular complexity index is 619. The summed E-state index contributed by atoms with van der Waals surface area (Å²) in [6, 6.07) is 8.63. The van der Waals surface area contributed by atoms with Crippen LogP contribution in [0.3, 0.4) is 0 Å². The van der Waals surface area contributed by atoms with Crippen LogP contribution in [-0.2, 0) is 0 Å². The van der Waals surface area contributed by atoms with Crippen molar-refractivity contribution in [1.29, 1.82) is 0 Å². The van der Waals surface area contributed by atoms with Crippen molar-refractivity contribution in [3.8, 4) is 5.75 Å². The number of nitrogens with one attached hydrogen (secondary N) is 1. The first kappa shape index (κ1) is 14.6. The van der Waals surface area contributed by atoms with Gasteiger partial charge in [-0.25, -0.2) is 8.78 Å². The lowest BCUT2D eigenvalue weighted by atomic mass is 10.1. The first-order chi connectivity index (χ1) is 9.51. The van der Waals surface area contributed by atoms with Crippen LogP contribution in [-0.4, -0.2) is 7.11 Å². The molecule has 0 amide bonds. The molecule has 5 heteroatoms. The summed E-state index contributed by atoms with van der Waals surface area (Å²) < 4.78 is 31.4. The zero-order valence-corrected chi connectivity index (χ0v) is 11.8. The fourth-order valence-corrected chi connectivity index (χ4v) is 2.07. The molecule has 0 heterocycles. The van der Waals surface area contributed by atoms with Crippen molar-refractivity contribution in [3.63, 3.8) is 0 Å². The number of benzene rings is 2. The summed E-state index contributed by atoms with van der Waals surface area (Å²) in [4.78, 5) is 0. The largest absolute Gasteiger partial charge is 0.494 e. The topological polar surface area (TPSA) is 21.3 Å². The van der Waals surface area contributed by atoms with E-state index in [1.807, 2.05) is 6.92 Å². The van der Waals surface area contributed by atoms with Gasteiger partial charge in [-0.2, -0.15) is 0 Å². The summed E-state index contributed by atoms with van der Waals surface area (Å²) in [7, 11) is 1.47. The second kappa shape index (κ2) is 6.09. The van der Waals surface area contributed by atoms with E-state index in [1.54, 1.807) is 18.2 Å². The van der Waals surface area contributed by atoms with E-state index in [9.17, 15) is 8.78 Å². The highest BCUT2D eigenvalue weighted by Gasteiger charge is 2.11. The van der Waals surface area contributed by atoms with E-state index in [0.717, 1.165) is 5.56 Å². The molecule has 0 aromatic heterocycles. The fourth-order valence-electron chi connectivity index (χ4n) is 1.88. The molecule has 2 rings (SSSR count). The minimum atomic E-state index is -0.457. The molecule has 0 saturated carbocycles. The summed E-state index contributed by atoms with van der Waals surface area (Å²) >= 11 is 5.76. The Kier molecular flexibility index (Phi) is 4.45. The number of ether oxygens (including phenoxy) is 1. The predicted octanol–water partition coefficient (Wildman–Crippen LogP) is 4.80. The second-order valence-corrected chi connectivity index (χ2v) is 4.79. The molecule has 2 nitrogen and oxygen atoms in total. The van der Waals surface area contributed by atoms with Crippen LogP contribution in [0, 0.1) is 11.6 Å². The lowest BCUT2D eigenvalue weighted by Crippen LogP contribution is -2.08. The molecule has 0 radical (unpaired) electrons. The lowest BCUT2D eigenvalue weighted by Gasteiger charge is -2.18. The van der Waals surface area contributed by atoms with E-state index in [4.69, 9.17) is 16.3 Å². The van der Waals surface area contributed by atoms with Crippen molar-refractivity contribution in [2.24, 2.45) is 0 Å². The normalized spacial score (nSPS) is 12.1.